The van der Waals surface area contributed by atoms with Crippen molar-refractivity contribution in [3.8, 4) is 11.8 Å². The fourth-order valence-electron chi connectivity index (χ4n) is 0.754. The molecule has 0 saturated heterocycles. The third-order valence-corrected chi connectivity index (χ3v) is 1.35. The van der Waals surface area contributed by atoms with Gasteiger partial charge >= 0.3 is 11.9 Å². The number of hydrogen-bond acceptors (Lipinski definition) is 8. The molecule has 0 aliphatic rings. The first kappa shape index (κ1) is 9.76. The minimum atomic E-state index is -1.24. The molecule has 0 atom stereocenters. The Bertz CT molecular complexity index is 431. The number of carbonyl (C=O) groups is 2. The van der Waals surface area contributed by atoms with Gasteiger partial charge in [0.15, 0.2) is 0 Å². The van der Waals surface area contributed by atoms with Gasteiger partial charge in [0.25, 0.3) is 11.8 Å². The molecule has 2 N–H and O–H groups in total. The Labute approximate surface area is 86.9 Å². The van der Waals surface area contributed by atoms with Gasteiger partial charge < -0.3 is 9.47 Å². The molecule has 2 heterocycles. The molecule has 0 aromatic carbocycles. The molecular formula is C6H4N6O4. The molecule has 0 spiro atoms. The third-order valence-electron chi connectivity index (χ3n) is 1.35. The van der Waals surface area contributed by atoms with Gasteiger partial charge in [-0.25, -0.2) is 9.59 Å². The van der Waals surface area contributed by atoms with Gasteiger partial charge in [0.2, 0.25) is 0 Å². The van der Waals surface area contributed by atoms with Crippen molar-refractivity contribution in [2.45, 2.75) is 0 Å². The van der Waals surface area contributed by atoms with Gasteiger partial charge in [-0.3, -0.25) is 0 Å². The number of aromatic nitrogens is 6. The van der Waals surface area contributed by atoms with E-state index in [2.05, 4.69) is 40.3 Å². The number of aromatic amines is 2. The molecule has 0 fully saturated rings. The molecule has 0 aliphatic heterocycles. The summed E-state index contributed by atoms with van der Waals surface area (Å²) < 4.78 is 8.98. The summed E-state index contributed by atoms with van der Waals surface area (Å²) >= 11 is 0. The standard InChI is InChI=1S/C6H4N6O4/c13-5(15-3-1-7-11-9-3)6(14)16-4-2-8-12-10-4/h1-2H,(H,7,9,11)(H,8,10,12). The van der Waals surface area contributed by atoms with Crippen molar-refractivity contribution >= 4 is 11.9 Å². The van der Waals surface area contributed by atoms with Crippen molar-refractivity contribution < 1.29 is 19.1 Å². The second kappa shape index (κ2) is 4.16. The van der Waals surface area contributed by atoms with E-state index in [-0.39, 0.29) is 11.8 Å². The number of hydrogen-bond donors (Lipinski definition) is 2. The van der Waals surface area contributed by atoms with Gasteiger partial charge in [-0.1, -0.05) is 0 Å². The molecule has 16 heavy (non-hydrogen) atoms. The second-order valence-electron chi connectivity index (χ2n) is 2.40. The average Bonchev–Trinajstić information content (AvgIpc) is 2.90. The topological polar surface area (TPSA) is 136 Å². The summed E-state index contributed by atoms with van der Waals surface area (Å²) in [5.74, 6) is -2.75. The van der Waals surface area contributed by atoms with Crippen LogP contribution in [0.1, 0.15) is 0 Å². The van der Waals surface area contributed by atoms with Crippen molar-refractivity contribution in [3.05, 3.63) is 12.4 Å². The van der Waals surface area contributed by atoms with Crippen LogP contribution >= 0.6 is 0 Å². The lowest BCUT2D eigenvalue weighted by atomic mass is 10.6. The molecule has 2 aromatic rings. The Kier molecular flexibility index (Phi) is 2.54. The number of ether oxygens (including phenoxy) is 2. The maximum atomic E-state index is 11.1. The van der Waals surface area contributed by atoms with Crippen LogP contribution in [0.3, 0.4) is 0 Å². The maximum Gasteiger partial charge on any atom is 0.424 e. The van der Waals surface area contributed by atoms with Crippen LogP contribution in [0.15, 0.2) is 12.4 Å². The lowest BCUT2D eigenvalue weighted by molar-refractivity contribution is -0.156. The van der Waals surface area contributed by atoms with Crippen molar-refractivity contribution in [3.63, 3.8) is 0 Å². The SMILES string of the molecule is O=C(Oc1cn[nH]n1)C(=O)Oc1cn[nH]n1. The minimum absolute atomic E-state index is 0.137. The first-order chi connectivity index (χ1) is 7.75. The number of nitrogens with one attached hydrogen (secondary N) is 2. The number of rotatable bonds is 2. The highest BCUT2D eigenvalue weighted by atomic mass is 16.6. The summed E-state index contributed by atoms with van der Waals surface area (Å²) in [4.78, 5) is 22.2. The quantitative estimate of drug-likeness (QED) is 0.461. The fourth-order valence-corrected chi connectivity index (χ4v) is 0.754. The van der Waals surface area contributed by atoms with Crippen LogP contribution in [0.2, 0.25) is 0 Å². The number of H-pyrrole nitrogens is 2. The number of esters is 2. The second-order valence-corrected chi connectivity index (χ2v) is 2.40. The van der Waals surface area contributed by atoms with E-state index in [4.69, 9.17) is 0 Å². The Morgan fingerprint density at radius 3 is 1.69 bits per heavy atom. The van der Waals surface area contributed by atoms with E-state index in [0.717, 1.165) is 12.4 Å². The Morgan fingerprint density at radius 1 is 0.938 bits per heavy atom. The van der Waals surface area contributed by atoms with Crippen LogP contribution in [0.5, 0.6) is 11.8 Å². The molecule has 0 unspecified atom stereocenters. The Hall–Kier alpha value is -2.78. The highest BCUT2D eigenvalue weighted by molar-refractivity contribution is 6.30. The van der Waals surface area contributed by atoms with E-state index in [9.17, 15) is 9.59 Å². The largest absolute Gasteiger partial charge is 0.424 e. The maximum absolute atomic E-state index is 11.1. The average molecular weight is 224 g/mol. The normalized spacial score (nSPS) is 9.75. The molecular weight excluding hydrogens is 220 g/mol. The van der Waals surface area contributed by atoms with Gasteiger partial charge in [0.05, 0.1) is 0 Å². The summed E-state index contributed by atoms with van der Waals surface area (Å²) in [6, 6.07) is 0. The van der Waals surface area contributed by atoms with Crippen LogP contribution in [-0.2, 0) is 9.59 Å². The zero-order chi connectivity index (χ0) is 11.4. The summed E-state index contributed by atoms with van der Waals surface area (Å²) in [7, 11) is 0. The van der Waals surface area contributed by atoms with Gasteiger partial charge in [-0.2, -0.15) is 20.6 Å². The Balaban J connectivity index is 1.92. The molecule has 82 valence electrons. The molecule has 0 aliphatic carbocycles. The molecule has 10 nitrogen and oxygen atoms in total. The van der Waals surface area contributed by atoms with Crippen molar-refractivity contribution in [1.82, 2.24) is 30.8 Å². The number of nitrogens with zero attached hydrogens (tertiary/aromatic N) is 4. The summed E-state index contributed by atoms with van der Waals surface area (Å²) in [5, 5.41) is 18.0. The van der Waals surface area contributed by atoms with Gasteiger partial charge in [0.1, 0.15) is 12.4 Å². The minimum Gasteiger partial charge on any atom is -0.396 e. The third kappa shape index (κ3) is 2.17. The van der Waals surface area contributed by atoms with Crippen LogP contribution in [-0.4, -0.2) is 42.8 Å². The van der Waals surface area contributed by atoms with Gasteiger partial charge in [0, 0.05) is 0 Å². The molecule has 2 aromatic heterocycles. The van der Waals surface area contributed by atoms with E-state index >= 15 is 0 Å². The van der Waals surface area contributed by atoms with E-state index < -0.39 is 11.9 Å². The highest BCUT2D eigenvalue weighted by Gasteiger charge is 2.21. The molecule has 0 radical (unpaired) electrons. The van der Waals surface area contributed by atoms with Gasteiger partial charge in [-0.15, -0.1) is 10.2 Å². The lowest BCUT2D eigenvalue weighted by Gasteiger charge is -1.98. The summed E-state index contributed by atoms with van der Waals surface area (Å²) in [5.41, 5.74) is 0. The lowest BCUT2D eigenvalue weighted by Crippen LogP contribution is -2.25. The summed E-state index contributed by atoms with van der Waals surface area (Å²) in [6.07, 6.45) is 2.25. The van der Waals surface area contributed by atoms with Crippen molar-refractivity contribution in [2.24, 2.45) is 0 Å². The first-order valence-corrected chi connectivity index (χ1v) is 3.91. The fraction of sp³-hybridized carbons (Fsp3) is 0. The monoisotopic (exact) mass is 224 g/mol. The van der Waals surface area contributed by atoms with Gasteiger partial charge in [-0.05, 0) is 0 Å². The smallest absolute Gasteiger partial charge is 0.396 e. The van der Waals surface area contributed by atoms with E-state index in [1.165, 1.54) is 0 Å². The molecule has 10 heteroatoms. The molecule has 2 rings (SSSR count). The number of carbonyl (C=O) groups excluding carboxylic acids is 2. The van der Waals surface area contributed by atoms with Crippen LogP contribution in [0.25, 0.3) is 0 Å². The molecule has 0 amide bonds. The van der Waals surface area contributed by atoms with Crippen LogP contribution in [0.4, 0.5) is 0 Å². The van der Waals surface area contributed by atoms with Crippen molar-refractivity contribution in [2.75, 3.05) is 0 Å². The van der Waals surface area contributed by atoms with Crippen LogP contribution < -0.4 is 9.47 Å². The molecule has 0 saturated carbocycles. The zero-order valence-corrected chi connectivity index (χ0v) is 7.58. The van der Waals surface area contributed by atoms with Crippen LogP contribution in [0, 0.1) is 0 Å². The first-order valence-electron chi connectivity index (χ1n) is 3.91. The zero-order valence-electron chi connectivity index (χ0n) is 7.58. The predicted octanol–water partition coefficient (Wildman–Crippen LogP) is -1.57. The predicted molar refractivity (Wildman–Crippen MR) is 44.0 cm³/mol. The van der Waals surface area contributed by atoms with Crippen molar-refractivity contribution in [1.29, 1.82) is 0 Å². The van der Waals surface area contributed by atoms with E-state index in [1.807, 2.05) is 0 Å². The van der Waals surface area contributed by atoms with E-state index in [0.29, 0.717) is 0 Å². The summed E-state index contributed by atoms with van der Waals surface area (Å²) in [6.45, 7) is 0. The van der Waals surface area contributed by atoms with E-state index in [1.54, 1.807) is 0 Å². The molecule has 0 bridgehead atoms. The Morgan fingerprint density at radius 2 is 1.38 bits per heavy atom. The highest BCUT2D eigenvalue weighted by Crippen LogP contribution is 2.03.